The van der Waals surface area contributed by atoms with Crippen molar-refractivity contribution in [2.45, 2.75) is 11.8 Å². The van der Waals surface area contributed by atoms with Gasteiger partial charge in [0.25, 0.3) is 11.8 Å². The average molecular weight is 382 g/mol. The topological polar surface area (TPSA) is 49.9 Å². The van der Waals surface area contributed by atoms with E-state index < -0.39 is 4.87 Å². The Kier molecular flexibility index (Phi) is 4.70. The van der Waals surface area contributed by atoms with Crippen LogP contribution in [-0.2, 0) is 14.4 Å². The molecule has 0 bridgehead atoms. The zero-order valence-corrected chi connectivity index (χ0v) is 16.3. The van der Waals surface area contributed by atoms with Crippen molar-refractivity contribution in [2.24, 2.45) is 0 Å². The largest absolute Gasteiger partial charge is 0.383 e. The van der Waals surface area contributed by atoms with Crippen LogP contribution >= 0.6 is 11.8 Å². The molecule has 1 atom stereocenters. The van der Waals surface area contributed by atoms with Crippen LogP contribution in [0.15, 0.2) is 48.5 Å². The molecule has 2 aromatic rings. The molecule has 0 saturated carbocycles. The molecule has 4 rings (SSSR count). The number of hydrogen-bond acceptors (Lipinski definition) is 4. The summed E-state index contributed by atoms with van der Waals surface area (Å²) in [6, 6.07) is 15.3. The molecule has 2 aromatic carbocycles. The van der Waals surface area contributed by atoms with Crippen molar-refractivity contribution in [3.05, 3.63) is 65.2 Å². The first-order chi connectivity index (χ1) is 13.1. The molecule has 0 aromatic heterocycles. The molecule has 0 radical (unpaired) electrons. The lowest BCUT2D eigenvalue weighted by Crippen LogP contribution is -2.50. The molecule has 2 heterocycles. The highest BCUT2D eigenvalue weighted by Gasteiger charge is 2.59. The first kappa shape index (κ1) is 18.1. The Balaban J connectivity index is 1.77. The number of hydrogen-bond donors (Lipinski definition) is 0. The predicted octanol–water partition coefficient (Wildman–Crippen LogP) is 3.03. The number of nitrogens with zero attached hydrogens (tertiary/aromatic N) is 2. The third-order valence-corrected chi connectivity index (χ3v) is 6.58. The van der Waals surface area contributed by atoms with E-state index in [0.29, 0.717) is 25.3 Å². The molecule has 2 amide bonds. The lowest BCUT2D eigenvalue weighted by Gasteiger charge is -2.33. The van der Waals surface area contributed by atoms with E-state index in [1.165, 1.54) is 0 Å². The molecule has 2 aliphatic heterocycles. The number of anilines is 1. The first-order valence-corrected chi connectivity index (χ1v) is 10.0. The van der Waals surface area contributed by atoms with Crippen LogP contribution < -0.4 is 4.90 Å². The van der Waals surface area contributed by atoms with Crippen molar-refractivity contribution in [3.63, 3.8) is 0 Å². The quantitative estimate of drug-likeness (QED) is 0.816. The van der Waals surface area contributed by atoms with Gasteiger partial charge < -0.3 is 14.5 Å². The van der Waals surface area contributed by atoms with Gasteiger partial charge in [-0.15, -0.1) is 11.8 Å². The normalized spacial score (nSPS) is 21.2. The molecule has 1 fully saturated rings. The third-order valence-electron chi connectivity index (χ3n) is 5.16. The summed E-state index contributed by atoms with van der Waals surface area (Å²) in [6.45, 7) is 3.47. The summed E-state index contributed by atoms with van der Waals surface area (Å²) in [5, 5.41) is 0. The standard InChI is InChI=1S/C21H22N2O3S/c1-15-7-9-16(10-8-15)19(24)23-12-14-27-21(23)17-5-3-4-6-18(17)22(20(21)25)11-13-26-2/h3-10H,11-14H2,1-2H3. The molecule has 5 nitrogen and oxygen atoms in total. The summed E-state index contributed by atoms with van der Waals surface area (Å²) < 4.78 is 5.19. The highest BCUT2D eigenvalue weighted by atomic mass is 32.2. The number of methoxy groups -OCH3 is 1. The second-order valence-corrected chi connectivity index (χ2v) is 8.07. The number of rotatable bonds is 4. The van der Waals surface area contributed by atoms with Crippen LogP contribution in [0.2, 0.25) is 0 Å². The van der Waals surface area contributed by atoms with Gasteiger partial charge in [0.1, 0.15) is 0 Å². The maximum absolute atomic E-state index is 13.5. The van der Waals surface area contributed by atoms with Gasteiger partial charge in [0.2, 0.25) is 0 Å². The fraction of sp³-hybridized carbons (Fsp3) is 0.333. The van der Waals surface area contributed by atoms with Gasteiger partial charge in [0, 0.05) is 37.1 Å². The van der Waals surface area contributed by atoms with Crippen LogP contribution in [0.25, 0.3) is 0 Å². The minimum absolute atomic E-state index is 0.0521. The van der Waals surface area contributed by atoms with E-state index in [9.17, 15) is 9.59 Å². The molecule has 140 valence electrons. The maximum Gasteiger partial charge on any atom is 0.268 e. The average Bonchev–Trinajstić information content (AvgIpc) is 3.23. The molecule has 6 heteroatoms. The van der Waals surface area contributed by atoms with E-state index in [2.05, 4.69) is 0 Å². The lowest BCUT2D eigenvalue weighted by molar-refractivity contribution is -0.123. The van der Waals surface area contributed by atoms with Crippen LogP contribution in [0.1, 0.15) is 21.5 Å². The Labute approximate surface area is 163 Å². The lowest BCUT2D eigenvalue weighted by atomic mass is 10.0. The van der Waals surface area contributed by atoms with Crippen molar-refractivity contribution in [1.29, 1.82) is 0 Å². The van der Waals surface area contributed by atoms with Crippen LogP contribution in [-0.4, -0.2) is 49.3 Å². The van der Waals surface area contributed by atoms with Crippen molar-refractivity contribution < 1.29 is 14.3 Å². The van der Waals surface area contributed by atoms with Gasteiger partial charge in [-0.3, -0.25) is 9.59 Å². The van der Waals surface area contributed by atoms with Crippen molar-refractivity contribution in [3.8, 4) is 0 Å². The molecule has 1 saturated heterocycles. The number of benzene rings is 2. The van der Waals surface area contributed by atoms with E-state index in [4.69, 9.17) is 4.74 Å². The summed E-state index contributed by atoms with van der Waals surface area (Å²) in [4.78, 5) is 29.4. The highest BCUT2D eigenvalue weighted by molar-refractivity contribution is 8.01. The summed E-state index contributed by atoms with van der Waals surface area (Å²) >= 11 is 1.55. The van der Waals surface area contributed by atoms with Crippen molar-refractivity contribution >= 4 is 29.3 Å². The second kappa shape index (κ2) is 7.02. The number of amides is 2. The van der Waals surface area contributed by atoms with Gasteiger partial charge in [0.05, 0.1) is 12.3 Å². The Morgan fingerprint density at radius 1 is 1.19 bits per heavy atom. The summed E-state index contributed by atoms with van der Waals surface area (Å²) in [7, 11) is 1.62. The molecule has 1 unspecified atom stereocenters. The fourth-order valence-electron chi connectivity index (χ4n) is 3.82. The van der Waals surface area contributed by atoms with Gasteiger partial charge >= 0.3 is 0 Å². The number of ether oxygens (including phenoxy) is 1. The Morgan fingerprint density at radius 3 is 2.67 bits per heavy atom. The molecule has 1 spiro atoms. The van der Waals surface area contributed by atoms with Gasteiger partial charge in [0.15, 0.2) is 4.87 Å². The fourth-order valence-corrected chi connectivity index (χ4v) is 5.29. The Morgan fingerprint density at radius 2 is 1.93 bits per heavy atom. The summed E-state index contributed by atoms with van der Waals surface area (Å²) in [6.07, 6.45) is 0. The molecular formula is C21H22N2O3S. The van der Waals surface area contributed by atoms with Crippen molar-refractivity contribution in [2.75, 3.05) is 37.5 Å². The van der Waals surface area contributed by atoms with Crippen molar-refractivity contribution in [1.82, 2.24) is 4.90 Å². The van der Waals surface area contributed by atoms with E-state index >= 15 is 0 Å². The molecule has 0 aliphatic carbocycles. The smallest absolute Gasteiger partial charge is 0.268 e. The highest BCUT2D eigenvalue weighted by Crippen LogP contribution is 2.54. The zero-order chi connectivity index (χ0) is 19.0. The van der Waals surface area contributed by atoms with E-state index in [0.717, 1.165) is 22.6 Å². The Hall–Kier alpha value is -2.31. The van der Waals surface area contributed by atoms with Gasteiger partial charge in [-0.25, -0.2) is 0 Å². The zero-order valence-electron chi connectivity index (χ0n) is 15.5. The minimum Gasteiger partial charge on any atom is -0.383 e. The van der Waals surface area contributed by atoms with E-state index in [-0.39, 0.29) is 11.8 Å². The number of fused-ring (bicyclic) bond motifs is 2. The van der Waals surface area contributed by atoms with Gasteiger partial charge in [-0.1, -0.05) is 35.9 Å². The van der Waals surface area contributed by atoms with Crippen LogP contribution in [0.5, 0.6) is 0 Å². The second-order valence-electron chi connectivity index (χ2n) is 6.78. The predicted molar refractivity (Wildman–Crippen MR) is 107 cm³/mol. The minimum atomic E-state index is -0.980. The van der Waals surface area contributed by atoms with Gasteiger partial charge in [-0.2, -0.15) is 0 Å². The summed E-state index contributed by atoms with van der Waals surface area (Å²) in [5.74, 6) is 0.580. The molecule has 27 heavy (non-hydrogen) atoms. The molecule has 0 N–H and O–H groups in total. The number of carbonyl (C=O) groups is 2. The van der Waals surface area contributed by atoms with Gasteiger partial charge in [-0.05, 0) is 25.1 Å². The number of carbonyl (C=O) groups excluding carboxylic acids is 2. The molecular weight excluding hydrogens is 360 g/mol. The number of thioether (sulfide) groups is 1. The third kappa shape index (κ3) is 2.75. The SMILES string of the molecule is COCCN1C(=O)C2(SCCN2C(=O)c2ccc(C)cc2)c2ccccc21. The Bertz CT molecular complexity index is 883. The first-order valence-electron chi connectivity index (χ1n) is 9.02. The number of para-hydroxylation sites is 1. The van der Waals surface area contributed by atoms with Crippen LogP contribution in [0, 0.1) is 6.92 Å². The van der Waals surface area contributed by atoms with Crippen LogP contribution in [0.4, 0.5) is 5.69 Å². The number of aryl methyl sites for hydroxylation is 1. The monoisotopic (exact) mass is 382 g/mol. The van der Waals surface area contributed by atoms with E-state index in [1.54, 1.807) is 28.7 Å². The summed E-state index contributed by atoms with van der Waals surface area (Å²) in [5.41, 5.74) is 3.48. The van der Waals surface area contributed by atoms with E-state index in [1.807, 2.05) is 55.5 Å². The van der Waals surface area contributed by atoms with Crippen LogP contribution in [0.3, 0.4) is 0 Å². The maximum atomic E-state index is 13.5. The molecule has 2 aliphatic rings.